The number of nitrogens with one attached hydrogen (secondary N) is 1. The van der Waals surface area contributed by atoms with E-state index in [-0.39, 0.29) is 0 Å². The van der Waals surface area contributed by atoms with E-state index < -0.39 is 0 Å². The van der Waals surface area contributed by atoms with E-state index in [9.17, 15) is 0 Å². The van der Waals surface area contributed by atoms with Crippen molar-refractivity contribution >= 4 is 16.9 Å². The number of benzene rings is 2. The summed E-state index contributed by atoms with van der Waals surface area (Å²) in [5.41, 5.74) is 7.20. The van der Waals surface area contributed by atoms with Gasteiger partial charge in [0, 0.05) is 11.4 Å². The molecule has 0 saturated heterocycles. The first-order valence-corrected chi connectivity index (χ1v) is 9.38. The second-order valence-corrected chi connectivity index (χ2v) is 6.35. The monoisotopic (exact) mass is 355 g/mol. The van der Waals surface area contributed by atoms with Gasteiger partial charge in [-0.25, -0.2) is 0 Å². The Morgan fingerprint density at radius 2 is 1.89 bits per heavy atom. The molecule has 0 spiro atoms. The lowest BCUT2D eigenvalue weighted by molar-refractivity contribution is 1.27. The Morgan fingerprint density at radius 1 is 1.04 bits per heavy atom. The molecule has 0 aliphatic carbocycles. The zero-order valence-corrected chi connectivity index (χ0v) is 16.6. The lowest BCUT2D eigenvalue weighted by atomic mass is 10.0. The number of allylic oxidation sites excluding steroid dienone is 9. The first-order chi connectivity index (χ1) is 13.2. The Labute approximate surface area is 164 Å². The van der Waals surface area contributed by atoms with Crippen molar-refractivity contribution in [2.45, 2.75) is 27.2 Å². The highest BCUT2D eigenvalue weighted by Gasteiger charge is 2.04. The van der Waals surface area contributed by atoms with Crippen LogP contribution in [0.4, 0.5) is 11.4 Å². The first kappa shape index (κ1) is 20.3. The molecule has 2 aromatic rings. The van der Waals surface area contributed by atoms with Crippen LogP contribution < -0.4 is 5.32 Å². The van der Waals surface area contributed by atoms with Gasteiger partial charge in [0.2, 0.25) is 0 Å². The molecule has 2 rings (SSSR count). The van der Waals surface area contributed by atoms with Gasteiger partial charge in [0.25, 0.3) is 0 Å². The molecule has 0 aliphatic heterocycles. The third-order valence-corrected chi connectivity index (χ3v) is 4.28. The summed E-state index contributed by atoms with van der Waals surface area (Å²) in [6.07, 6.45) is 17.2. The van der Waals surface area contributed by atoms with Crippen LogP contribution in [-0.4, -0.2) is 0 Å². The second-order valence-electron chi connectivity index (χ2n) is 6.35. The molecule has 0 radical (unpaired) electrons. The highest BCUT2D eigenvalue weighted by atomic mass is 14.9. The summed E-state index contributed by atoms with van der Waals surface area (Å²) < 4.78 is 0. The summed E-state index contributed by atoms with van der Waals surface area (Å²) in [6.45, 7) is 9.92. The van der Waals surface area contributed by atoms with E-state index in [2.05, 4.69) is 98.6 Å². The van der Waals surface area contributed by atoms with Crippen molar-refractivity contribution in [1.82, 2.24) is 0 Å². The summed E-state index contributed by atoms with van der Waals surface area (Å²) in [6, 6.07) is 15.1. The third-order valence-electron chi connectivity index (χ3n) is 4.28. The fourth-order valence-corrected chi connectivity index (χ4v) is 2.83. The number of rotatable bonds is 8. The molecular formula is C26H29N. The SMILES string of the molecule is C=C/C=C\C=C/Cc1cccc(Nc2cc(C(/C=C\C)=C/C)ccc2C)c1. The van der Waals surface area contributed by atoms with Gasteiger partial charge in [0.05, 0.1) is 0 Å². The molecule has 0 heterocycles. The van der Waals surface area contributed by atoms with Gasteiger partial charge >= 0.3 is 0 Å². The van der Waals surface area contributed by atoms with E-state index in [1.807, 2.05) is 19.1 Å². The van der Waals surface area contributed by atoms with Gasteiger partial charge < -0.3 is 5.32 Å². The zero-order valence-electron chi connectivity index (χ0n) is 16.6. The van der Waals surface area contributed by atoms with Crippen LogP contribution in [0.15, 0.2) is 97.7 Å². The van der Waals surface area contributed by atoms with E-state index in [0.717, 1.165) is 17.8 Å². The second kappa shape index (κ2) is 10.8. The number of hydrogen-bond acceptors (Lipinski definition) is 1. The highest BCUT2D eigenvalue weighted by molar-refractivity contribution is 5.77. The lowest BCUT2D eigenvalue weighted by Crippen LogP contribution is -1.95. The van der Waals surface area contributed by atoms with Gasteiger partial charge in [-0.05, 0) is 67.7 Å². The fourth-order valence-electron chi connectivity index (χ4n) is 2.83. The van der Waals surface area contributed by atoms with Crippen molar-refractivity contribution in [1.29, 1.82) is 0 Å². The zero-order chi connectivity index (χ0) is 19.5. The molecule has 0 aromatic heterocycles. The predicted molar refractivity (Wildman–Crippen MR) is 122 cm³/mol. The first-order valence-electron chi connectivity index (χ1n) is 9.38. The Morgan fingerprint density at radius 3 is 2.63 bits per heavy atom. The van der Waals surface area contributed by atoms with Crippen LogP contribution in [0.5, 0.6) is 0 Å². The summed E-state index contributed by atoms with van der Waals surface area (Å²) in [7, 11) is 0. The van der Waals surface area contributed by atoms with Gasteiger partial charge in [-0.1, -0.05) is 79.5 Å². The minimum atomic E-state index is 0.903. The van der Waals surface area contributed by atoms with Crippen molar-refractivity contribution in [3.8, 4) is 0 Å². The smallest absolute Gasteiger partial charge is 0.0420 e. The molecule has 2 aromatic carbocycles. The average Bonchev–Trinajstić information content (AvgIpc) is 2.68. The van der Waals surface area contributed by atoms with Crippen LogP contribution >= 0.6 is 0 Å². The van der Waals surface area contributed by atoms with Crippen LogP contribution in [0.25, 0.3) is 5.57 Å². The van der Waals surface area contributed by atoms with E-state index >= 15 is 0 Å². The topological polar surface area (TPSA) is 12.0 Å². The van der Waals surface area contributed by atoms with E-state index in [1.54, 1.807) is 6.08 Å². The van der Waals surface area contributed by atoms with E-state index in [4.69, 9.17) is 0 Å². The molecule has 0 atom stereocenters. The average molecular weight is 356 g/mol. The molecule has 1 heteroatoms. The number of hydrogen-bond donors (Lipinski definition) is 1. The molecule has 0 unspecified atom stereocenters. The minimum absolute atomic E-state index is 0.903. The Kier molecular flexibility index (Phi) is 8.12. The Bertz CT molecular complexity index is 879. The van der Waals surface area contributed by atoms with Gasteiger partial charge in [-0.3, -0.25) is 0 Å². The van der Waals surface area contributed by atoms with Crippen LogP contribution in [0.1, 0.15) is 30.5 Å². The number of anilines is 2. The molecule has 0 saturated carbocycles. The van der Waals surface area contributed by atoms with Crippen molar-refractivity contribution in [2.24, 2.45) is 0 Å². The Balaban J connectivity index is 2.19. The van der Waals surface area contributed by atoms with Crippen LogP contribution in [0.2, 0.25) is 0 Å². The fraction of sp³-hybridized carbons (Fsp3) is 0.154. The molecule has 27 heavy (non-hydrogen) atoms. The maximum Gasteiger partial charge on any atom is 0.0420 e. The van der Waals surface area contributed by atoms with Crippen LogP contribution in [0.3, 0.4) is 0 Å². The standard InChI is InChI=1S/C26H29N/c1-5-8-9-10-11-14-22-15-12-16-25(19-22)27-26-20-24(18-17-21(26)4)23(7-3)13-6-2/h5-13,15-20,27H,1,14H2,2-4H3/b9-8-,11-10-,13-6-,23-7+. The molecule has 0 bridgehead atoms. The van der Waals surface area contributed by atoms with Crippen molar-refractivity contribution < 1.29 is 0 Å². The van der Waals surface area contributed by atoms with Gasteiger partial charge in [0.15, 0.2) is 0 Å². The van der Waals surface area contributed by atoms with Gasteiger partial charge in [0.1, 0.15) is 0 Å². The maximum absolute atomic E-state index is 3.67. The van der Waals surface area contributed by atoms with Crippen molar-refractivity contribution in [3.05, 3.63) is 114 Å². The molecule has 1 nitrogen and oxygen atoms in total. The van der Waals surface area contributed by atoms with E-state index in [0.29, 0.717) is 0 Å². The molecule has 0 aliphatic rings. The largest absolute Gasteiger partial charge is 0.355 e. The highest BCUT2D eigenvalue weighted by Crippen LogP contribution is 2.26. The van der Waals surface area contributed by atoms with Crippen LogP contribution in [0, 0.1) is 6.92 Å². The van der Waals surface area contributed by atoms with Crippen molar-refractivity contribution in [2.75, 3.05) is 5.32 Å². The number of aryl methyl sites for hydroxylation is 1. The Hall–Kier alpha value is -3.06. The summed E-state index contributed by atoms with van der Waals surface area (Å²) in [5.74, 6) is 0. The molecule has 138 valence electrons. The minimum Gasteiger partial charge on any atom is -0.355 e. The summed E-state index contributed by atoms with van der Waals surface area (Å²) in [4.78, 5) is 0. The predicted octanol–water partition coefficient (Wildman–Crippen LogP) is 7.56. The lowest BCUT2D eigenvalue weighted by Gasteiger charge is -2.13. The molecule has 1 N–H and O–H groups in total. The van der Waals surface area contributed by atoms with Crippen LogP contribution in [-0.2, 0) is 6.42 Å². The van der Waals surface area contributed by atoms with E-state index in [1.165, 1.54) is 22.3 Å². The van der Waals surface area contributed by atoms with Gasteiger partial charge in [-0.15, -0.1) is 0 Å². The normalized spacial score (nSPS) is 12.3. The maximum atomic E-state index is 3.67. The molecule has 0 fully saturated rings. The summed E-state index contributed by atoms with van der Waals surface area (Å²) >= 11 is 0. The van der Waals surface area contributed by atoms with Gasteiger partial charge in [-0.2, -0.15) is 0 Å². The molecule has 0 amide bonds. The third kappa shape index (κ3) is 6.31. The summed E-state index contributed by atoms with van der Waals surface area (Å²) in [5, 5.41) is 3.58. The quantitative estimate of drug-likeness (QED) is 0.482. The van der Waals surface area contributed by atoms with Crippen molar-refractivity contribution in [3.63, 3.8) is 0 Å². The molecular weight excluding hydrogens is 326 g/mol.